The standard InChI is InChI=1S/C13H18O4/c14-6-17-12(13(15)16)11-9-2-7-1-8(4-9)5-10(11)3-7/h6-12H,1-5H2,(H,15,16). The van der Waals surface area contributed by atoms with Crippen molar-refractivity contribution in [3.63, 3.8) is 0 Å². The summed E-state index contributed by atoms with van der Waals surface area (Å²) in [6.45, 7) is 0.295. The van der Waals surface area contributed by atoms with Crippen LogP contribution in [0.25, 0.3) is 0 Å². The average molecular weight is 238 g/mol. The molecular formula is C13H18O4. The number of aliphatic carboxylic acids is 1. The zero-order valence-corrected chi connectivity index (χ0v) is 9.75. The molecule has 4 aliphatic rings. The highest BCUT2D eigenvalue weighted by atomic mass is 16.5. The summed E-state index contributed by atoms with van der Waals surface area (Å²) in [4.78, 5) is 21.7. The molecule has 1 atom stereocenters. The highest BCUT2D eigenvalue weighted by Gasteiger charge is 2.52. The van der Waals surface area contributed by atoms with Crippen molar-refractivity contribution in [1.29, 1.82) is 0 Å². The van der Waals surface area contributed by atoms with Crippen molar-refractivity contribution in [1.82, 2.24) is 0 Å². The van der Waals surface area contributed by atoms with Gasteiger partial charge in [0.2, 0.25) is 6.10 Å². The number of hydrogen-bond donors (Lipinski definition) is 1. The Hall–Kier alpha value is -1.06. The molecular weight excluding hydrogens is 220 g/mol. The van der Waals surface area contributed by atoms with Crippen LogP contribution in [0.4, 0.5) is 0 Å². The first kappa shape index (κ1) is 11.1. The first-order chi connectivity index (χ1) is 8.19. The smallest absolute Gasteiger partial charge is 0.345 e. The molecule has 0 spiro atoms. The normalized spacial score (nSPS) is 44.4. The van der Waals surface area contributed by atoms with Crippen LogP contribution in [-0.4, -0.2) is 23.7 Å². The lowest BCUT2D eigenvalue weighted by Gasteiger charge is -2.55. The van der Waals surface area contributed by atoms with Crippen LogP contribution >= 0.6 is 0 Å². The molecule has 17 heavy (non-hydrogen) atoms. The molecule has 0 aromatic carbocycles. The highest BCUT2D eigenvalue weighted by molar-refractivity contribution is 5.74. The van der Waals surface area contributed by atoms with Crippen LogP contribution in [0.5, 0.6) is 0 Å². The third kappa shape index (κ3) is 1.74. The second kappa shape index (κ2) is 4.00. The fraction of sp³-hybridized carbons (Fsp3) is 0.846. The number of carbonyl (C=O) groups is 2. The Kier molecular flexibility index (Phi) is 2.60. The van der Waals surface area contributed by atoms with Gasteiger partial charge in [-0.1, -0.05) is 0 Å². The third-order valence-electron chi connectivity index (χ3n) is 5.09. The van der Waals surface area contributed by atoms with Crippen LogP contribution in [0.2, 0.25) is 0 Å². The van der Waals surface area contributed by atoms with Gasteiger partial charge in [0.15, 0.2) is 0 Å². The van der Waals surface area contributed by atoms with Gasteiger partial charge in [-0.2, -0.15) is 0 Å². The van der Waals surface area contributed by atoms with Crippen molar-refractivity contribution < 1.29 is 19.4 Å². The second-order valence-corrected chi connectivity index (χ2v) is 6.00. The summed E-state index contributed by atoms with van der Waals surface area (Å²) in [5.41, 5.74) is 0. The zero-order chi connectivity index (χ0) is 12.0. The Morgan fingerprint density at radius 2 is 1.65 bits per heavy atom. The van der Waals surface area contributed by atoms with Crippen LogP contribution in [0.15, 0.2) is 0 Å². The molecule has 0 aliphatic heterocycles. The Morgan fingerprint density at radius 1 is 1.12 bits per heavy atom. The molecule has 4 heteroatoms. The summed E-state index contributed by atoms with van der Waals surface area (Å²) in [6.07, 6.45) is 5.00. The molecule has 4 aliphatic carbocycles. The van der Waals surface area contributed by atoms with E-state index in [2.05, 4.69) is 0 Å². The molecule has 1 unspecified atom stereocenters. The van der Waals surface area contributed by atoms with Crippen LogP contribution in [-0.2, 0) is 14.3 Å². The minimum atomic E-state index is -0.977. The molecule has 0 radical (unpaired) electrons. The van der Waals surface area contributed by atoms with E-state index in [1.165, 1.54) is 6.42 Å². The van der Waals surface area contributed by atoms with E-state index >= 15 is 0 Å². The van der Waals surface area contributed by atoms with Crippen molar-refractivity contribution in [2.75, 3.05) is 0 Å². The summed E-state index contributed by atoms with van der Waals surface area (Å²) < 4.78 is 4.85. The van der Waals surface area contributed by atoms with Crippen molar-refractivity contribution in [3.8, 4) is 0 Å². The van der Waals surface area contributed by atoms with Gasteiger partial charge in [0, 0.05) is 5.92 Å². The first-order valence-electron chi connectivity index (χ1n) is 6.51. The number of hydrogen-bond acceptors (Lipinski definition) is 3. The minimum Gasteiger partial charge on any atom is -0.478 e. The number of carboxylic acids is 1. The van der Waals surface area contributed by atoms with E-state index in [0.717, 1.165) is 37.5 Å². The Balaban J connectivity index is 1.82. The maximum absolute atomic E-state index is 11.2. The number of carboxylic acid groups (broad SMARTS) is 1. The predicted octanol–water partition coefficient (Wildman–Crippen LogP) is 1.68. The molecule has 4 saturated carbocycles. The van der Waals surface area contributed by atoms with Gasteiger partial charge in [0.1, 0.15) is 0 Å². The van der Waals surface area contributed by atoms with Crippen LogP contribution in [0.1, 0.15) is 32.1 Å². The van der Waals surface area contributed by atoms with E-state index in [0.29, 0.717) is 18.3 Å². The summed E-state index contributed by atoms with van der Waals surface area (Å²) in [5.74, 6) is 1.62. The van der Waals surface area contributed by atoms with E-state index < -0.39 is 12.1 Å². The minimum absolute atomic E-state index is 0.0606. The van der Waals surface area contributed by atoms with Crippen LogP contribution < -0.4 is 0 Å². The molecule has 0 aromatic heterocycles. The fourth-order valence-corrected chi connectivity index (χ4v) is 4.84. The Bertz CT molecular complexity index is 310. The van der Waals surface area contributed by atoms with E-state index in [-0.39, 0.29) is 5.92 Å². The molecule has 4 rings (SSSR count). The molecule has 0 heterocycles. The average Bonchev–Trinajstić information content (AvgIpc) is 2.26. The number of rotatable bonds is 4. The first-order valence-corrected chi connectivity index (χ1v) is 6.51. The lowest BCUT2D eigenvalue weighted by Crippen LogP contribution is -2.51. The lowest BCUT2D eigenvalue weighted by molar-refractivity contribution is -0.172. The summed E-state index contributed by atoms with van der Waals surface area (Å²) in [5, 5.41) is 9.21. The highest BCUT2D eigenvalue weighted by Crippen LogP contribution is 2.57. The summed E-state index contributed by atoms with van der Waals surface area (Å²) >= 11 is 0. The number of carbonyl (C=O) groups excluding carboxylic acids is 1. The number of ether oxygens (including phenoxy) is 1. The topological polar surface area (TPSA) is 63.6 Å². The van der Waals surface area contributed by atoms with Gasteiger partial charge < -0.3 is 9.84 Å². The molecule has 94 valence electrons. The summed E-state index contributed by atoms with van der Waals surface area (Å²) in [7, 11) is 0. The second-order valence-electron chi connectivity index (χ2n) is 6.00. The zero-order valence-electron chi connectivity index (χ0n) is 9.75. The van der Waals surface area contributed by atoms with Crippen molar-refractivity contribution in [2.24, 2.45) is 29.6 Å². The quantitative estimate of drug-likeness (QED) is 0.757. The monoisotopic (exact) mass is 238 g/mol. The van der Waals surface area contributed by atoms with E-state index in [9.17, 15) is 14.7 Å². The van der Waals surface area contributed by atoms with E-state index in [4.69, 9.17) is 4.74 Å². The SMILES string of the molecule is O=COC(C(=O)O)C1C2CC3CC(C2)CC1C3. The van der Waals surface area contributed by atoms with Gasteiger partial charge >= 0.3 is 5.97 Å². The van der Waals surface area contributed by atoms with Gasteiger partial charge in [-0.05, 0) is 55.8 Å². The third-order valence-corrected chi connectivity index (χ3v) is 5.09. The van der Waals surface area contributed by atoms with E-state index in [1.54, 1.807) is 0 Å². The molecule has 1 N–H and O–H groups in total. The van der Waals surface area contributed by atoms with Gasteiger partial charge in [-0.3, -0.25) is 4.79 Å². The van der Waals surface area contributed by atoms with Crippen molar-refractivity contribution in [3.05, 3.63) is 0 Å². The lowest BCUT2D eigenvalue weighted by atomic mass is 9.51. The van der Waals surface area contributed by atoms with Crippen LogP contribution in [0.3, 0.4) is 0 Å². The van der Waals surface area contributed by atoms with Crippen LogP contribution in [0, 0.1) is 29.6 Å². The molecule has 4 nitrogen and oxygen atoms in total. The molecule has 0 aromatic rings. The Morgan fingerprint density at radius 3 is 2.06 bits per heavy atom. The van der Waals surface area contributed by atoms with Crippen molar-refractivity contribution >= 4 is 12.4 Å². The summed E-state index contributed by atoms with van der Waals surface area (Å²) in [6, 6.07) is 0. The fourth-order valence-electron chi connectivity index (χ4n) is 4.84. The molecule has 4 bridgehead atoms. The van der Waals surface area contributed by atoms with Gasteiger partial charge in [0.25, 0.3) is 6.47 Å². The largest absolute Gasteiger partial charge is 0.478 e. The van der Waals surface area contributed by atoms with Crippen molar-refractivity contribution in [2.45, 2.75) is 38.2 Å². The molecule has 4 fully saturated rings. The molecule has 0 amide bonds. The van der Waals surface area contributed by atoms with E-state index in [1.807, 2.05) is 0 Å². The maximum atomic E-state index is 11.2. The predicted molar refractivity (Wildman–Crippen MR) is 59.1 cm³/mol. The van der Waals surface area contributed by atoms with Gasteiger partial charge in [0.05, 0.1) is 0 Å². The molecule has 0 saturated heterocycles. The Labute approximate surface area is 100 Å². The maximum Gasteiger partial charge on any atom is 0.345 e. The van der Waals surface area contributed by atoms with Gasteiger partial charge in [-0.15, -0.1) is 0 Å². The van der Waals surface area contributed by atoms with Gasteiger partial charge in [-0.25, -0.2) is 4.79 Å².